The average Bonchev–Trinajstić information content (AvgIpc) is 2.99. The first-order valence-corrected chi connectivity index (χ1v) is 16.2. The molecule has 2 aliphatic heterocycles. The van der Waals surface area contributed by atoms with Crippen LogP contribution in [0.2, 0.25) is 0 Å². The van der Waals surface area contributed by atoms with Crippen molar-refractivity contribution in [2.24, 2.45) is 11.1 Å². The molecule has 11 heteroatoms. The predicted molar refractivity (Wildman–Crippen MR) is 169 cm³/mol. The van der Waals surface area contributed by atoms with Gasteiger partial charge in [-0.3, -0.25) is 4.79 Å². The number of aromatic nitrogens is 1. The maximum absolute atomic E-state index is 13.9. The van der Waals surface area contributed by atoms with E-state index in [2.05, 4.69) is 41.2 Å². The third-order valence-electron chi connectivity index (χ3n) is 8.71. The van der Waals surface area contributed by atoms with Crippen molar-refractivity contribution in [3.63, 3.8) is 0 Å². The maximum atomic E-state index is 13.9. The summed E-state index contributed by atoms with van der Waals surface area (Å²) in [4.78, 5) is 24.2. The molecule has 5 rings (SSSR count). The van der Waals surface area contributed by atoms with E-state index >= 15 is 0 Å². The normalized spacial score (nSPS) is 19.2. The molecule has 0 radical (unpaired) electrons. The predicted octanol–water partition coefficient (Wildman–Crippen LogP) is 3.82. The Balaban J connectivity index is 1.30. The number of carbonyl (C=O) groups excluding carboxylic acids is 1. The van der Waals surface area contributed by atoms with E-state index in [9.17, 15) is 18.5 Å². The number of hydrogen-bond acceptors (Lipinski definition) is 8. The number of benzene rings is 2. The number of para-hydroxylation sites is 1. The van der Waals surface area contributed by atoms with Gasteiger partial charge >= 0.3 is 0 Å². The Morgan fingerprint density at radius 1 is 1.02 bits per heavy atom. The van der Waals surface area contributed by atoms with Crippen molar-refractivity contribution in [3.8, 4) is 6.07 Å². The molecule has 0 bridgehead atoms. The van der Waals surface area contributed by atoms with Crippen LogP contribution in [-0.2, 0) is 10.0 Å². The Kier molecular flexibility index (Phi) is 8.62. The van der Waals surface area contributed by atoms with Crippen LogP contribution in [0.4, 0.5) is 17.2 Å². The second-order valence-corrected chi connectivity index (χ2v) is 13.2. The maximum Gasteiger partial charge on any atom is 0.254 e. The van der Waals surface area contributed by atoms with Gasteiger partial charge < -0.3 is 20.0 Å². The van der Waals surface area contributed by atoms with Crippen LogP contribution >= 0.6 is 0 Å². The first-order valence-electron chi connectivity index (χ1n) is 14.6. The number of primary sulfonamides is 1. The average molecular weight is 602 g/mol. The fourth-order valence-electron chi connectivity index (χ4n) is 6.47. The molecule has 1 amide bonds. The van der Waals surface area contributed by atoms with Gasteiger partial charge in [0.1, 0.15) is 16.8 Å². The van der Waals surface area contributed by atoms with E-state index in [1.165, 1.54) is 6.07 Å². The smallest absolute Gasteiger partial charge is 0.254 e. The van der Waals surface area contributed by atoms with E-state index in [0.29, 0.717) is 49.0 Å². The number of nitrogens with two attached hydrogens (primary N) is 1. The quantitative estimate of drug-likeness (QED) is 0.435. The van der Waals surface area contributed by atoms with Gasteiger partial charge in [0.05, 0.1) is 11.3 Å². The van der Waals surface area contributed by atoms with E-state index < -0.39 is 10.0 Å². The molecular weight excluding hydrogens is 562 g/mol. The summed E-state index contributed by atoms with van der Waals surface area (Å²) in [6.07, 6.45) is 2.46. The molecule has 226 valence electrons. The van der Waals surface area contributed by atoms with Crippen molar-refractivity contribution in [2.75, 3.05) is 54.4 Å². The number of nitrogens with zero attached hydrogens (tertiary/aromatic N) is 5. The highest BCUT2D eigenvalue weighted by Crippen LogP contribution is 2.33. The standard InChI is InChI=1S/C32H39N7O3S/c1-21-18-22(2)30(36-26-11-13-39(20-23(26)3)27-9-6-5-8-25(27)19-33)24(4)29(21)32(40)38-16-14-37(15-17-38)31-28(43(34,41)42)10-7-12-35-31/h5-10,12,18,23,26,36H,11,13-17,20H2,1-4H3,(H2,34,41,42). The Morgan fingerprint density at radius 2 is 1.74 bits per heavy atom. The third kappa shape index (κ3) is 6.17. The fourth-order valence-corrected chi connectivity index (χ4v) is 7.17. The summed E-state index contributed by atoms with van der Waals surface area (Å²) in [7, 11) is -3.92. The molecule has 2 saturated heterocycles. The molecular formula is C32H39N7O3S. The van der Waals surface area contributed by atoms with Gasteiger partial charge in [0.2, 0.25) is 10.0 Å². The van der Waals surface area contributed by atoms with Crippen LogP contribution in [0, 0.1) is 38.0 Å². The number of aryl methyl sites for hydroxylation is 2. The Morgan fingerprint density at radius 3 is 2.42 bits per heavy atom. The zero-order chi connectivity index (χ0) is 30.9. The number of amides is 1. The van der Waals surface area contributed by atoms with Crippen molar-refractivity contribution < 1.29 is 13.2 Å². The topological polar surface area (TPSA) is 136 Å². The van der Waals surface area contributed by atoms with Crippen molar-refractivity contribution in [2.45, 2.75) is 45.1 Å². The zero-order valence-electron chi connectivity index (χ0n) is 25.2. The molecule has 0 saturated carbocycles. The summed E-state index contributed by atoms with van der Waals surface area (Å²) < 4.78 is 24.2. The van der Waals surface area contributed by atoms with Gasteiger partial charge in [0, 0.05) is 62.8 Å². The highest BCUT2D eigenvalue weighted by Gasteiger charge is 2.31. The van der Waals surface area contributed by atoms with Crippen molar-refractivity contribution in [1.82, 2.24) is 9.88 Å². The van der Waals surface area contributed by atoms with Crippen molar-refractivity contribution >= 4 is 33.1 Å². The van der Waals surface area contributed by atoms with Gasteiger partial charge in [-0.25, -0.2) is 18.5 Å². The Labute approximate surface area is 254 Å². The molecule has 0 aliphatic carbocycles. The number of anilines is 3. The van der Waals surface area contributed by atoms with Crippen LogP contribution < -0.4 is 20.3 Å². The lowest BCUT2D eigenvalue weighted by atomic mass is 9.90. The summed E-state index contributed by atoms with van der Waals surface area (Å²) in [6, 6.07) is 15.4. The van der Waals surface area contributed by atoms with E-state index in [-0.39, 0.29) is 16.8 Å². The van der Waals surface area contributed by atoms with Gasteiger partial charge in [0.15, 0.2) is 0 Å². The van der Waals surface area contributed by atoms with Gasteiger partial charge in [0.25, 0.3) is 5.91 Å². The van der Waals surface area contributed by atoms with Crippen LogP contribution in [0.3, 0.4) is 0 Å². The number of carbonyl (C=O) groups is 1. The minimum Gasteiger partial charge on any atom is -0.381 e. The van der Waals surface area contributed by atoms with E-state index in [4.69, 9.17) is 5.14 Å². The molecule has 2 aliphatic rings. The summed E-state index contributed by atoms with van der Waals surface area (Å²) >= 11 is 0. The summed E-state index contributed by atoms with van der Waals surface area (Å²) in [5.41, 5.74) is 6.36. The fraction of sp³-hybridized carbons (Fsp3) is 0.406. The number of sulfonamides is 1. The Hall–Kier alpha value is -4.14. The molecule has 10 nitrogen and oxygen atoms in total. The largest absolute Gasteiger partial charge is 0.381 e. The zero-order valence-corrected chi connectivity index (χ0v) is 26.0. The van der Waals surface area contributed by atoms with Gasteiger partial charge in [-0.1, -0.05) is 25.1 Å². The molecule has 3 N–H and O–H groups in total. The molecule has 2 unspecified atom stereocenters. The lowest BCUT2D eigenvalue weighted by Gasteiger charge is -2.40. The number of piperidine rings is 1. The molecule has 2 fully saturated rings. The van der Waals surface area contributed by atoms with Gasteiger partial charge in [-0.2, -0.15) is 5.26 Å². The molecule has 3 aromatic rings. The van der Waals surface area contributed by atoms with Crippen molar-refractivity contribution in [1.29, 1.82) is 5.26 Å². The highest BCUT2D eigenvalue weighted by molar-refractivity contribution is 7.89. The molecule has 2 aromatic carbocycles. The Bertz CT molecular complexity index is 1680. The summed E-state index contributed by atoms with van der Waals surface area (Å²) in [5.74, 6) is 0.616. The number of hydrogen-bond donors (Lipinski definition) is 2. The summed E-state index contributed by atoms with van der Waals surface area (Å²) in [5, 5.41) is 18.8. The number of rotatable bonds is 6. The second-order valence-electron chi connectivity index (χ2n) is 11.6. The lowest BCUT2D eigenvalue weighted by Crippen LogP contribution is -2.49. The minimum absolute atomic E-state index is 0.00921. The second kappa shape index (κ2) is 12.2. The van der Waals surface area contributed by atoms with Gasteiger partial charge in [-0.05, 0) is 74.1 Å². The van der Waals surface area contributed by atoms with Crippen molar-refractivity contribution in [3.05, 3.63) is 76.5 Å². The van der Waals surface area contributed by atoms with Crippen LogP contribution in [0.25, 0.3) is 0 Å². The van der Waals surface area contributed by atoms with E-state index in [1.54, 1.807) is 12.3 Å². The molecule has 1 aromatic heterocycles. The number of nitrogens with one attached hydrogen (secondary N) is 1. The van der Waals surface area contributed by atoms with Crippen LogP contribution in [0.5, 0.6) is 0 Å². The lowest BCUT2D eigenvalue weighted by molar-refractivity contribution is 0.0745. The van der Waals surface area contributed by atoms with E-state index in [1.807, 2.05) is 47.9 Å². The van der Waals surface area contributed by atoms with Crippen LogP contribution in [0.15, 0.2) is 53.6 Å². The first-order chi connectivity index (χ1) is 20.5. The molecule has 3 heterocycles. The minimum atomic E-state index is -3.92. The number of nitriles is 1. The van der Waals surface area contributed by atoms with Gasteiger partial charge in [-0.15, -0.1) is 0 Å². The third-order valence-corrected chi connectivity index (χ3v) is 9.64. The van der Waals surface area contributed by atoms with Crippen LogP contribution in [0.1, 0.15) is 46.0 Å². The highest BCUT2D eigenvalue weighted by atomic mass is 32.2. The number of piperazine rings is 1. The van der Waals surface area contributed by atoms with Crippen LogP contribution in [-0.4, -0.2) is 69.5 Å². The molecule has 43 heavy (non-hydrogen) atoms. The van der Waals surface area contributed by atoms with E-state index in [0.717, 1.165) is 47.6 Å². The molecule has 0 spiro atoms. The first kappa shape index (κ1) is 30.3. The monoisotopic (exact) mass is 601 g/mol. The SMILES string of the molecule is Cc1cc(C)c(C(=O)N2CCN(c3ncccc3S(N)(=O)=O)CC2)c(C)c1NC1CCN(c2ccccc2C#N)CC1C. The molecule has 2 atom stereocenters. The summed E-state index contributed by atoms with van der Waals surface area (Å²) in [6.45, 7) is 11.7. The number of pyridine rings is 1.